The minimum Gasteiger partial charge on any atom is -0.371 e. The number of anilines is 1. The lowest BCUT2D eigenvalue weighted by atomic mass is 9.95. The van der Waals surface area contributed by atoms with Crippen LogP contribution in [0.2, 0.25) is 0 Å². The number of carbonyl (C=O) groups is 1. The molecule has 1 aromatic carbocycles. The van der Waals surface area contributed by atoms with Crippen molar-refractivity contribution in [1.29, 1.82) is 0 Å². The molecule has 0 aliphatic carbocycles. The van der Waals surface area contributed by atoms with Crippen molar-refractivity contribution in [3.05, 3.63) is 33.9 Å². The lowest BCUT2D eigenvalue weighted by molar-refractivity contribution is -0.384. The van der Waals surface area contributed by atoms with Crippen molar-refractivity contribution in [3.63, 3.8) is 0 Å². The summed E-state index contributed by atoms with van der Waals surface area (Å²) in [6.45, 7) is 6.37. The molecule has 1 amide bonds. The van der Waals surface area contributed by atoms with Gasteiger partial charge in [0.05, 0.1) is 29.4 Å². The normalized spacial score (nSPS) is 24.1. The van der Waals surface area contributed by atoms with Crippen molar-refractivity contribution >= 4 is 17.3 Å². The van der Waals surface area contributed by atoms with Gasteiger partial charge < -0.3 is 19.3 Å². The van der Waals surface area contributed by atoms with Gasteiger partial charge in [-0.1, -0.05) is 6.92 Å². The number of nitrogens with zero attached hydrogens (tertiary/aromatic N) is 3. The van der Waals surface area contributed by atoms with Crippen molar-refractivity contribution in [2.45, 2.75) is 38.9 Å². The molecule has 3 aliphatic rings. The fourth-order valence-electron chi connectivity index (χ4n) is 4.57. The summed E-state index contributed by atoms with van der Waals surface area (Å²) in [5.74, 6) is 0.677. The van der Waals surface area contributed by atoms with Crippen molar-refractivity contribution in [3.8, 4) is 0 Å². The maximum absolute atomic E-state index is 13.5. The summed E-state index contributed by atoms with van der Waals surface area (Å²) in [4.78, 5) is 28.4. The Morgan fingerprint density at radius 1 is 1.14 bits per heavy atom. The molecular weight excluding hydrogens is 374 g/mol. The largest absolute Gasteiger partial charge is 0.371 e. The Bertz CT molecular complexity index is 757. The zero-order valence-electron chi connectivity index (χ0n) is 16.9. The highest BCUT2D eigenvalue weighted by Crippen LogP contribution is 2.32. The van der Waals surface area contributed by atoms with E-state index in [4.69, 9.17) is 9.47 Å². The topological polar surface area (TPSA) is 85.2 Å². The van der Waals surface area contributed by atoms with Crippen LogP contribution in [0.15, 0.2) is 18.2 Å². The molecule has 1 unspecified atom stereocenters. The van der Waals surface area contributed by atoms with Gasteiger partial charge in [0.15, 0.2) is 6.29 Å². The lowest BCUT2D eigenvalue weighted by Gasteiger charge is -2.37. The molecular formula is C21H29N3O5. The highest BCUT2D eigenvalue weighted by molar-refractivity contribution is 6.00. The summed E-state index contributed by atoms with van der Waals surface area (Å²) >= 11 is 0. The first-order valence-corrected chi connectivity index (χ1v) is 10.6. The number of nitro groups is 1. The summed E-state index contributed by atoms with van der Waals surface area (Å²) in [6.07, 6.45) is 3.71. The van der Waals surface area contributed by atoms with Gasteiger partial charge in [-0.15, -0.1) is 0 Å². The van der Waals surface area contributed by atoms with Crippen LogP contribution in [-0.4, -0.2) is 61.4 Å². The number of nitro benzene ring substituents is 1. The van der Waals surface area contributed by atoms with E-state index in [1.54, 1.807) is 6.07 Å². The van der Waals surface area contributed by atoms with E-state index in [1.807, 2.05) is 4.90 Å². The molecule has 8 nitrogen and oxygen atoms in total. The molecule has 3 aliphatic heterocycles. The van der Waals surface area contributed by atoms with E-state index >= 15 is 0 Å². The van der Waals surface area contributed by atoms with Crippen molar-refractivity contribution < 1.29 is 19.2 Å². The number of hydrogen-bond donors (Lipinski definition) is 0. The zero-order valence-corrected chi connectivity index (χ0v) is 16.9. The number of likely N-dealkylation sites (tertiary alicyclic amines) is 1. The molecule has 0 bridgehead atoms. The summed E-state index contributed by atoms with van der Waals surface area (Å²) in [6, 6.07) is 4.69. The Balaban J connectivity index is 1.58. The summed E-state index contributed by atoms with van der Waals surface area (Å²) in [7, 11) is 0. The summed E-state index contributed by atoms with van der Waals surface area (Å²) < 4.78 is 11.3. The van der Waals surface area contributed by atoms with Gasteiger partial charge in [0, 0.05) is 44.2 Å². The van der Waals surface area contributed by atoms with Gasteiger partial charge in [0.25, 0.3) is 11.6 Å². The van der Waals surface area contributed by atoms with Gasteiger partial charge in [0.2, 0.25) is 0 Å². The Morgan fingerprint density at radius 2 is 1.86 bits per heavy atom. The van der Waals surface area contributed by atoms with Crippen LogP contribution < -0.4 is 4.90 Å². The molecule has 0 N–H and O–H groups in total. The predicted octanol–water partition coefficient (Wildman–Crippen LogP) is 3.06. The number of carbonyl (C=O) groups excluding carboxylic acids is 1. The summed E-state index contributed by atoms with van der Waals surface area (Å²) in [5, 5.41) is 11.3. The van der Waals surface area contributed by atoms with Crippen LogP contribution in [0, 0.1) is 22.0 Å². The molecule has 1 aromatic rings. The fraction of sp³-hybridized carbons (Fsp3) is 0.667. The van der Waals surface area contributed by atoms with Crippen molar-refractivity contribution in [2.24, 2.45) is 11.8 Å². The van der Waals surface area contributed by atoms with Gasteiger partial charge >= 0.3 is 0 Å². The number of ether oxygens (including phenoxy) is 2. The maximum Gasteiger partial charge on any atom is 0.270 e. The van der Waals surface area contributed by atoms with E-state index in [9.17, 15) is 14.9 Å². The first-order valence-electron chi connectivity index (χ1n) is 10.6. The number of non-ortho nitro benzene ring substituents is 1. The third kappa shape index (κ3) is 4.38. The standard InChI is InChI=1S/C21H29N3O5/c1-15-6-9-22(10-7-15)19-5-4-17(24(26)27)13-18(19)20(25)23-8-2-3-16(14-23)21-28-11-12-29-21/h4-5,13,15-16,21H,2-3,6-12,14H2,1H3. The molecule has 29 heavy (non-hydrogen) atoms. The monoisotopic (exact) mass is 403 g/mol. The average molecular weight is 403 g/mol. The van der Waals surface area contributed by atoms with Gasteiger partial charge in [-0.3, -0.25) is 14.9 Å². The van der Waals surface area contributed by atoms with Crippen LogP contribution in [0.3, 0.4) is 0 Å². The van der Waals surface area contributed by atoms with Crippen LogP contribution in [0.5, 0.6) is 0 Å². The SMILES string of the molecule is CC1CCN(c2ccc([N+](=O)[O-])cc2C(=O)N2CCCC(C3OCCO3)C2)CC1. The molecule has 8 heteroatoms. The maximum atomic E-state index is 13.5. The number of piperidine rings is 2. The van der Waals surface area contributed by atoms with E-state index in [0.717, 1.165) is 44.5 Å². The highest BCUT2D eigenvalue weighted by Gasteiger charge is 2.34. The van der Waals surface area contributed by atoms with Crippen LogP contribution in [0.1, 0.15) is 43.0 Å². The fourth-order valence-corrected chi connectivity index (χ4v) is 4.57. The second-order valence-corrected chi connectivity index (χ2v) is 8.39. The van der Waals surface area contributed by atoms with E-state index in [2.05, 4.69) is 11.8 Å². The van der Waals surface area contributed by atoms with Crippen LogP contribution >= 0.6 is 0 Å². The van der Waals surface area contributed by atoms with Gasteiger partial charge in [0.1, 0.15) is 0 Å². The number of hydrogen-bond acceptors (Lipinski definition) is 6. The van der Waals surface area contributed by atoms with Crippen LogP contribution in [0.25, 0.3) is 0 Å². The molecule has 0 aromatic heterocycles. The lowest BCUT2D eigenvalue weighted by Crippen LogP contribution is -2.44. The number of benzene rings is 1. The van der Waals surface area contributed by atoms with E-state index in [0.29, 0.717) is 37.8 Å². The highest BCUT2D eigenvalue weighted by atomic mass is 16.7. The summed E-state index contributed by atoms with van der Waals surface area (Å²) in [5.41, 5.74) is 1.20. The van der Waals surface area contributed by atoms with Crippen LogP contribution in [0.4, 0.5) is 11.4 Å². The van der Waals surface area contributed by atoms with Crippen molar-refractivity contribution in [2.75, 3.05) is 44.3 Å². The van der Waals surface area contributed by atoms with E-state index < -0.39 is 4.92 Å². The van der Waals surface area contributed by atoms with Gasteiger partial charge in [-0.05, 0) is 37.7 Å². The molecule has 158 valence electrons. The van der Waals surface area contributed by atoms with Gasteiger partial charge in [-0.25, -0.2) is 0 Å². The smallest absolute Gasteiger partial charge is 0.270 e. The zero-order chi connectivity index (χ0) is 20.4. The van der Waals surface area contributed by atoms with E-state index in [1.165, 1.54) is 12.1 Å². The molecule has 0 saturated carbocycles. The third-order valence-corrected chi connectivity index (χ3v) is 6.32. The second kappa shape index (κ2) is 8.67. The van der Waals surface area contributed by atoms with Crippen LogP contribution in [-0.2, 0) is 9.47 Å². The molecule has 3 heterocycles. The van der Waals surface area contributed by atoms with Crippen molar-refractivity contribution in [1.82, 2.24) is 4.90 Å². The molecule has 3 fully saturated rings. The second-order valence-electron chi connectivity index (χ2n) is 8.39. The Hall–Kier alpha value is -2.19. The first kappa shape index (κ1) is 20.1. The molecule has 0 spiro atoms. The van der Waals surface area contributed by atoms with E-state index in [-0.39, 0.29) is 23.8 Å². The molecule has 0 radical (unpaired) electrons. The predicted molar refractivity (Wildman–Crippen MR) is 108 cm³/mol. The van der Waals surface area contributed by atoms with Gasteiger partial charge in [-0.2, -0.15) is 0 Å². The Labute approximate surface area is 170 Å². The number of rotatable bonds is 4. The number of amides is 1. The first-order chi connectivity index (χ1) is 14.0. The minimum absolute atomic E-state index is 0.0431. The third-order valence-electron chi connectivity index (χ3n) is 6.32. The molecule has 3 saturated heterocycles. The molecule has 1 atom stereocenters. The Morgan fingerprint density at radius 3 is 2.55 bits per heavy atom. The molecule has 4 rings (SSSR count). The average Bonchev–Trinajstić information content (AvgIpc) is 3.28. The minimum atomic E-state index is -0.432. The Kier molecular flexibility index (Phi) is 6.01. The quantitative estimate of drug-likeness (QED) is 0.567.